The van der Waals surface area contributed by atoms with Gasteiger partial charge in [0.1, 0.15) is 0 Å². The van der Waals surface area contributed by atoms with Crippen molar-refractivity contribution in [1.82, 2.24) is 0 Å². The molecular weight excluding hydrogens is 292 g/mol. The molecule has 126 valence electrons. The molecule has 3 saturated carbocycles. The van der Waals surface area contributed by atoms with Gasteiger partial charge in [-0.1, -0.05) is 38.5 Å². The normalized spacial score (nSPS) is 48.7. The molecule has 7 atom stereocenters. The van der Waals surface area contributed by atoms with Gasteiger partial charge in [-0.3, -0.25) is 0 Å². The van der Waals surface area contributed by atoms with Gasteiger partial charge in [0.2, 0.25) is 0 Å². The summed E-state index contributed by atoms with van der Waals surface area (Å²) in [5.74, 6) is 6.35. The van der Waals surface area contributed by atoms with Gasteiger partial charge in [0.05, 0.1) is 11.9 Å². The number of aliphatic hydroxyl groups excluding tert-OH is 1. The van der Waals surface area contributed by atoms with Crippen LogP contribution in [0, 0.1) is 29.6 Å². The van der Waals surface area contributed by atoms with Crippen LogP contribution < -0.4 is 0 Å². The number of rotatable bonds is 3. The number of hydrogen-bond acceptors (Lipinski definition) is 3. The second-order valence-corrected chi connectivity index (χ2v) is 9.58. The lowest BCUT2D eigenvalue weighted by atomic mass is 9.57. The molecule has 0 aromatic heterocycles. The van der Waals surface area contributed by atoms with Gasteiger partial charge in [0.25, 0.3) is 0 Å². The van der Waals surface area contributed by atoms with Crippen LogP contribution in [0.5, 0.6) is 0 Å². The van der Waals surface area contributed by atoms with Gasteiger partial charge in [-0.05, 0) is 61.0 Å². The third-order valence-electron chi connectivity index (χ3n) is 7.14. The van der Waals surface area contributed by atoms with E-state index in [1.807, 2.05) is 11.8 Å². The summed E-state index contributed by atoms with van der Waals surface area (Å²) in [6.45, 7) is 0.749. The van der Waals surface area contributed by atoms with Gasteiger partial charge in [-0.2, -0.15) is 11.8 Å². The van der Waals surface area contributed by atoms with Crippen LogP contribution in [0.25, 0.3) is 0 Å². The van der Waals surface area contributed by atoms with Gasteiger partial charge >= 0.3 is 0 Å². The minimum atomic E-state index is -0.501. The average molecular weight is 325 g/mol. The molecule has 3 aliphatic carbocycles. The summed E-state index contributed by atoms with van der Waals surface area (Å²) in [7, 11) is 0. The van der Waals surface area contributed by atoms with Crippen molar-refractivity contribution < 1.29 is 9.84 Å². The van der Waals surface area contributed by atoms with E-state index in [-0.39, 0.29) is 0 Å². The second-order valence-electron chi connectivity index (χ2n) is 8.31. The quantitative estimate of drug-likeness (QED) is 0.831. The molecule has 2 nitrogen and oxygen atoms in total. The Morgan fingerprint density at radius 1 is 0.864 bits per heavy atom. The van der Waals surface area contributed by atoms with Crippen LogP contribution in [0.3, 0.4) is 0 Å². The van der Waals surface area contributed by atoms with Crippen molar-refractivity contribution in [2.24, 2.45) is 29.6 Å². The summed E-state index contributed by atoms with van der Waals surface area (Å²) in [5, 5.41) is 10.2. The summed E-state index contributed by atoms with van der Waals surface area (Å²) >= 11 is 2.01. The highest BCUT2D eigenvalue weighted by Gasteiger charge is 2.43. The molecule has 4 rings (SSSR count). The highest BCUT2D eigenvalue weighted by atomic mass is 32.2. The van der Waals surface area contributed by atoms with Crippen molar-refractivity contribution in [3.63, 3.8) is 0 Å². The predicted molar refractivity (Wildman–Crippen MR) is 91.8 cm³/mol. The largest absolute Gasteiger partial charge is 0.367 e. The first-order valence-electron chi connectivity index (χ1n) is 9.72. The molecule has 0 spiro atoms. The molecule has 0 aromatic carbocycles. The molecule has 4 fully saturated rings. The molecule has 0 amide bonds. The lowest BCUT2D eigenvalue weighted by Crippen LogP contribution is -2.40. The summed E-state index contributed by atoms with van der Waals surface area (Å²) in [4.78, 5) is 0. The van der Waals surface area contributed by atoms with Crippen LogP contribution in [0.15, 0.2) is 0 Å². The Hall–Kier alpha value is 0.270. The molecule has 0 radical (unpaired) electrons. The maximum atomic E-state index is 9.86. The maximum Gasteiger partial charge on any atom is 0.166 e. The van der Waals surface area contributed by atoms with E-state index in [0.717, 1.165) is 42.6 Å². The summed E-state index contributed by atoms with van der Waals surface area (Å²) in [6.07, 6.45) is 14.0. The zero-order valence-electron chi connectivity index (χ0n) is 13.8. The summed E-state index contributed by atoms with van der Waals surface area (Å²) < 4.78 is 5.32. The predicted octanol–water partition coefficient (Wildman–Crippen LogP) is 4.46. The first-order chi connectivity index (χ1) is 10.8. The molecule has 22 heavy (non-hydrogen) atoms. The maximum absolute atomic E-state index is 9.86. The molecule has 1 heterocycles. The highest BCUT2D eigenvalue weighted by molar-refractivity contribution is 7.99. The number of ether oxygens (including phenoxy) is 1. The molecule has 3 heteroatoms. The van der Waals surface area contributed by atoms with Crippen LogP contribution in [-0.4, -0.2) is 29.0 Å². The molecule has 4 aliphatic rings. The molecule has 1 saturated heterocycles. The first kappa shape index (κ1) is 15.8. The fourth-order valence-corrected chi connectivity index (χ4v) is 7.37. The Labute approximate surface area is 139 Å². The fraction of sp³-hybridized carbons (Fsp3) is 1.00. The van der Waals surface area contributed by atoms with E-state index in [1.165, 1.54) is 57.1 Å². The van der Waals surface area contributed by atoms with Crippen molar-refractivity contribution in [2.45, 2.75) is 75.7 Å². The van der Waals surface area contributed by atoms with Crippen LogP contribution in [-0.2, 0) is 4.74 Å². The van der Waals surface area contributed by atoms with Crippen LogP contribution in [0.2, 0.25) is 0 Å². The van der Waals surface area contributed by atoms with Crippen molar-refractivity contribution >= 4 is 11.8 Å². The Morgan fingerprint density at radius 2 is 1.64 bits per heavy atom. The van der Waals surface area contributed by atoms with Gasteiger partial charge in [0, 0.05) is 0 Å². The number of aliphatic hydroxyl groups is 1. The van der Waals surface area contributed by atoms with Gasteiger partial charge < -0.3 is 9.84 Å². The monoisotopic (exact) mass is 324 g/mol. The van der Waals surface area contributed by atoms with Gasteiger partial charge in [-0.25, -0.2) is 0 Å². The van der Waals surface area contributed by atoms with E-state index in [0.29, 0.717) is 5.25 Å². The lowest BCUT2D eigenvalue weighted by molar-refractivity contribution is -0.0561. The molecule has 1 aliphatic heterocycles. The van der Waals surface area contributed by atoms with Crippen LogP contribution in [0.1, 0.15) is 64.2 Å². The van der Waals surface area contributed by atoms with Gasteiger partial charge in [-0.15, -0.1) is 0 Å². The van der Waals surface area contributed by atoms with E-state index in [1.54, 1.807) is 6.42 Å². The highest BCUT2D eigenvalue weighted by Crippen LogP contribution is 2.52. The van der Waals surface area contributed by atoms with Crippen molar-refractivity contribution in [2.75, 3.05) is 12.4 Å². The van der Waals surface area contributed by atoms with Gasteiger partial charge in [0.15, 0.2) is 6.29 Å². The van der Waals surface area contributed by atoms with E-state index in [9.17, 15) is 5.11 Å². The third kappa shape index (κ3) is 3.23. The smallest absolute Gasteiger partial charge is 0.166 e. The minimum Gasteiger partial charge on any atom is -0.367 e. The van der Waals surface area contributed by atoms with E-state index in [2.05, 4.69) is 0 Å². The third-order valence-corrected chi connectivity index (χ3v) is 8.66. The molecule has 1 N–H and O–H groups in total. The molecular formula is C19H32O2S. The van der Waals surface area contributed by atoms with E-state index >= 15 is 0 Å². The van der Waals surface area contributed by atoms with E-state index in [4.69, 9.17) is 4.74 Å². The zero-order valence-corrected chi connectivity index (χ0v) is 14.6. The average Bonchev–Trinajstić information content (AvgIpc) is 2.96. The first-order valence-corrected chi connectivity index (χ1v) is 10.8. The number of thioether (sulfide) groups is 1. The Bertz CT molecular complexity index is 374. The van der Waals surface area contributed by atoms with Crippen molar-refractivity contribution in [1.29, 1.82) is 0 Å². The second kappa shape index (κ2) is 7.03. The zero-order chi connectivity index (χ0) is 14.9. The Kier molecular flexibility index (Phi) is 5.04. The number of hydrogen-bond donors (Lipinski definition) is 1. The fourth-order valence-electron chi connectivity index (χ4n) is 5.95. The Morgan fingerprint density at radius 3 is 2.41 bits per heavy atom. The van der Waals surface area contributed by atoms with Crippen LogP contribution in [0.4, 0.5) is 0 Å². The molecule has 0 aromatic rings. The standard InChI is InChI=1S/C19H32O2S/c20-19-18(8-9-21-19)22-12-16-7-3-6-15-10-13-4-1-2-5-14(13)11-17(15)16/h13-20H,1-12H2. The summed E-state index contributed by atoms with van der Waals surface area (Å²) in [5.41, 5.74) is 0. The molecule has 7 unspecified atom stereocenters. The topological polar surface area (TPSA) is 29.5 Å². The van der Waals surface area contributed by atoms with E-state index < -0.39 is 6.29 Å². The van der Waals surface area contributed by atoms with Crippen molar-refractivity contribution in [3.8, 4) is 0 Å². The summed E-state index contributed by atoms with van der Waals surface area (Å²) in [6, 6.07) is 0. The Balaban J connectivity index is 1.36. The van der Waals surface area contributed by atoms with Crippen molar-refractivity contribution in [3.05, 3.63) is 0 Å². The minimum absolute atomic E-state index is 0.339. The number of fused-ring (bicyclic) bond motifs is 2. The molecule has 0 bridgehead atoms. The SMILES string of the molecule is OC1OCCC1SCC1CCCC2CC3CCCCC3CC12. The van der Waals surface area contributed by atoms with Crippen LogP contribution >= 0.6 is 11.8 Å². The lowest BCUT2D eigenvalue weighted by Gasteiger charge is -2.49.